The lowest BCUT2D eigenvalue weighted by Crippen LogP contribution is -1.88. The fourth-order valence-electron chi connectivity index (χ4n) is 1.10. The lowest BCUT2D eigenvalue weighted by Gasteiger charge is -1.95. The van der Waals surface area contributed by atoms with Crippen molar-refractivity contribution in [3.05, 3.63) is 30.6 Å². The molecule has 0 fully saturated rings. The Kier molecular flexibility index (Phi) is 1.73. The molecule has 0 amide bonds. The summed E-state index contributed by atoms with van der Waals surface area (Å²) in [5.74, 6) is 0.725. The number of hydrogen-bond acceptors (Lipinski definition) is 3. The Morgan fingerprint density at radius 1 is 1.23 bits per heavy atom. The van der Waals surface area contributed by atoms with Crippen molar-refractivity contribution < 1.29 is 0 Å². The van der Waals surface area contributed by atoms with Gasteiger partial charge in [-0.25, -0.2) is 4.98 Å². The van der Waals surface area contributed by atoms with Crippen LogP contribution < -0.4 is 5.73 Å². The Labute approximate surface area is 76.0 Å². The zero-order valence-corrected chi connectivity index (χ0v) is 7.31. The van der Waals surface area contributed by atoms with Crippen LogP contribution in [-0.2, 0) is 7.05 Å². The summed E-state index contributed by atoms with van der Waals surface area (Å²) in [4.78, 5) is 4.13. The maximum absolute atomic E-state index is 5.56. The lowest BCUT2D eigenvalue weighted by molar-refractivity contribution is 0.768. The molecule has 0 aliphatic heterocycles. The minimum absolute atomic E-state index is 0.725. The van der Waals surface area contributed by atoms with Crippen LogP contribution in [0.15, 0.2) is 30.6 Å². The molecule has 0 unspecified atom stereocenters. The molecule has 1 aromatic carbocycles. The summed E-state index contributed by atoms with van der Waals surface area (Å²) < 4.78 is 1.67. The highest BCUT2D eigenvalue weighted by atomic mass is 15.3. The first-order valence-electron chi connectivity index (χ1n) is 3.97. The summed E-state index contributed by atoms with van der Waals surface area (Å²) in [5.41, 5.74) is 7.29. The molecule has 4 nitrogen and oxygen atoms in total. The van der Waals surface area contributed by atoms with E-state index in [9.17, 15) is 0 Å². The van der Waals surface area contributed by atoms with E-state index in [4.69, 9.17) is 5.73 Å². The van der Waals surface area contributed by atoms with E-state index in [0.29, 0.717) is 0 Å². The van der Waals surface area contributed by atoms with Gasteiger partial charge in [0.1, 0.15) is 6.33 Å². The van der Waals surface area contributed by atoms with Gasteiger partial charge in [0, 0.05) is 18.3 Å². The first-order valence-corrected chi connectivity index (χ1v) is 3.97. The van der Waals surface area contributed by atoms with Crippen LogP contribution in [0.3, 0.4) is 0 Å². The van der Waals surface area contributed by atoms with Crippen molar-refractivity contribution in [3.8, 4) is 11.4 Å². The second-order valence-corrected chi connectivity index (χ2v) is 2.86. The number of aromatic nitrogens is 3. The van der Waals surface area contributed by atoms with Gasteiger partial charge in [0.15, 0.2) is 5.82 Å². The summed E-state index contributed by atoms with van der Waals surface area (Å²) in [6.07, 6.45) is 1.67. The van der Waals surface area contributed by atoms with Crippen molar-refractivity contribution in [1.82, 2.24) is 14.8 Å². The molecule has 2 N–H and O–H groups in total. The summed E-state index contributed by atoms with van der Waals surface area (Å²) >= 11 is 0. The maximum Gasteiger partial charge on any atom is 0.181 e. The Morgan fingerprint density at radius 2 is 1.92 bits per heavy atom. The van der Waals surface area contributed by atoms with E-state index >= 15 is 0 Å². The highest BCUT2D eigenvalue weighted by Crippen LogP contribution is 2.15. The number of aryl methyl sites for hydroxylation is 1. The lowest BCUT2D eigenvalue weighted by atomic mass is 10.2. The highest BCUT2D eigenvalue weighted by molar-refractivity contribution is 5.57. The van der Waals surface area contributed by atoms with Gasteiger partial charge in [0.05, 0.1) is 0 Å². The third kappa shape index (κ3) is 1.51. The highest BCUT2D eigenvalue weighted by Gasteiger charge is 2.00. The summed E-state index contributed by atoms with van der Waals surface area (Å²) in [7, 11) is 1.84. The third-order valence-corrected chi connectivity index (χ3v) is 1.77. The van der Waals surface area contributed by atoms with Crippen LogP contribution in [0, 0.1) is 0 Å². The van der Waals surface area contributed by atoms with Crippen LogP contribution in [0.5, 0.6) is 0 Å². The van der Waals surface area contributed by atoms with E-state index in [1.54, 1.807) is 11.0 Å². The van der Waals surface area contributed by atoms with Crippen LogP contribution in [-0.4, -0.2) is 14.8 Å². The number of anilines is 1. The SMILES string of the molecule is Cn1cnc(-c2ccc(N)cc2)n1. The summed E-state index contributed by atoms with van der Waals surface area (Å²) in [6, 6.07) is 7.49. The zero-order valence-electron chi connectivity index (χ0n) is 7.31. The van der Waals surface area contributed by atoms with Crippen molar-refractivity contribution in [2.24, 2.45) is 7.05 Å². The first kappa shape index (κ1) is 7.79. The number of nitrogens with zero attached hydrogens (tertiary/aromatic N) is 3. The number of nitrogens with two attached hydrogens (primary N) is 1. The predicted octanol–water partition coefficient (Wildman–Crippen LogP) is 1.06. The molecule has 0 aliphatic carbocycles. The zero-order chi connectivity index (χ0) is 9.26. The van der Waals surface area contributed by atoms with Crippen molar-refractivity contribution >= 4 is 5.69 Å². The predicted molar refractivity (Wildman–Crippen MR) is 50.9 cm³/mol. The molecule has 0 atom stereocenters. The largest absolute Gasteiger partial charge is 0.399 e. The average molecular weight is 174 g/mol. The molecule has 0 radical (unpaired) electrons. The number of rotatable bonds is 1. The van der Waals surface area contributed by atoms with Crippen molar-refractivity contribution in [3.63, 3.8) is 0 Å². The second kappa shape index (κ2) is 2.90. The Hall–Kier alpha value is -1.84. The van der Waals surface area contributed by atoms with E-state index in [-0.39, 0.29) is 0 Å². The molecule has 0 bridgehead atoms. The third-order valence-electron chi connectivity index (χ3n) is 1.77. The normalized spacial score (nSPS) is 10.2. The smallest absolute Gasteiger partial charge is 0.181 e. The van der Waals surface area contributed by atoms with Gasteiger partial charge in [0.25, 0.3) is 0 Å². The van der Waals surface area contributed by atoms with Crippen LogP contribution in [0.2, 0.25) is 0 Å². The summed E-state index contributed by atoms with van der Waals surface area (Å²) in [5, 5.41) is 4.18. The van der Waals surface area contributed by atoms with Crippen LogP contribution in [0.25, 0.3) is 11.4 Å². The molecule has 2 aromatic rings. The van der Waals surface area contributed by atoms with Gasteiger partial charge in [-0.2, -0.15) is 5.10 Å². The summed E-state index contributed by atoms with van der Waals surface area (Å²) in [6.45, 7) is 0. The molecule has 0 saturated carbocycles. The molecule has 13 heavy (non-hydrogen) atoms. The molecular formula is C9H10N4. The number of nitrogen functional groups attached to an aromatic ring is 1. The number of hydrogen-bond donors (Lipinski definition) is 1. The molecule has 2 rings (SSSR count). The van der Waals surface area contributed by atoms with Crippen LogP contribution >= 0.6 is 0 Å². The molecular weight excluding hydrogens is 164 g/mol. The monoisotopic (exact) mass is 174 g/mol. The van der Waals surface area contributed by atoms with E-state index in [1.807, 2.05) is 31.3 Å². The Balaban J connectivity index is 2.41. The van der Waals surface area contributed by atoms with Gasteiger partial charge in [-0.1, -0.05) is 0 Å². The molecule has 0 aliphatic rings. The second-order valence-electron chi connectivity index (χ2n) is 2.86. The molecule has 4 heteroatoms. The van der Waals surface area contributed by atoms with Gasteiger partial charge < -0.3 is 5.73 Å². The van der Waals surface area contributed by atoms with Gasteiger partial charge >= 0.3 is 0 Å². The van der Waals surface area contributed by atoms with Gasteiger partial charge in [-0.05, 0) is 24.3 Å². The Bertz CT molecular complexity index is 402. The van der Waals surface area contributed by atoms with Crippen molar-refractivity contribution in [2.75, 3.05) is 5.73 Å². The van der Waals surface area contributed by atoms with Crippen molar-refractivity contribution in [2.45, 2.75) is 0 Å². The maximum atomic E-state index is 5.56. The van der Waals surface area contributed by atoms with Crippen molar-refractivity contribution in [1.29, 1.82) is 0 Å². The van der Waals surface area contributed by atoms with Gasteiger partial charge in [-0.3, -0.25) is 4.68 Å². The van der Waals surface area contributed by atoms with E-state index in [1.165, 1.54) is 0 Å². The molecule has 1 heterocycles. The fraction of sp³-hybridized carbons (Fsp3) is 0.111. The topological polar surface area (TPSA) is 56.7 Å². The minimum atomic E-state index is 0.725. The number of benzene rings is 1. The molecule has 0 spiro atoms. The van der Waals surface area contributed by atoms with Gasteiger partial charge in [-0.15, -0.1) is 0 Å². The fourth-order valence-corrected chi connectivity index (χ4v) is 1.10. The average Bonchev–Trinajstić information content (AvgIpc) is 2.53. The quantitative estimate of drug-likeness (QED) is 0.658. The minimum Gasteiger partial charge on any atom is -0.399 e. The molecule has 66 valence electrons. The first-order chi connectivity index (χ1) is 6.25. The standard InChI is InChI=1S/C9H10N4/c1-13-6-11-9(12-13)7-2-4-8(10)5-3-7/h2-6H,10H2,1H3. The van der Waals surface area contributed by atoms with Gasteiger partial charge in [0.2, 0.25) is 0 Å². The van der Waals surface area contributed by atoms with E-state index in [2.05, 4.69) is 10.1 Å². The Morgan fingerprint density at radius 3 is 2.46 bits per heavy atom. The van der Waals surface area contributed by atoms with Crippen LogP contribution in [0.4, 0.5) is 5.69 Å². The molecule has 1 aromatic heterocycles. The van der Waals surface area contributed by atoms with E-state index < -0.39 is 0 Å². The van der Waals surface area contributed by atoms with Crippen LogP contribution in [0.1, 0.15) is 0 Å². The molecule has 0 saturated heterocycles. The van der Waals surface area contributed by atoms with E-state index in [0.717, 1.165) is 17.1 Å².